The Balaban J connectivity index is 1.67. The summed E-state index contributed by atoms with van der Waals surface area (Å²) in [4.78, 5) is 28.8. The number of aryl methyl sites for hydroxylation is 2. The number of carbonyl (C=O) groups is 1. The van der Waals surface area contributed by atoms with Gasteiger partial charge in [-0.2, -0.15) is 0 Å². The molecule has 0 aliphatic carbocycles. The molecule has 0 radical (unpaired) electrons. The molecule has 2 aromatic heterocycles. The first-order chi connectivity index (χ1) is 13.9. The summed E-state index contributed by atoms with van der Waals surface area (Å²) in [5.41, 5.74) is 3.50. The Labute approximate surface area is 173 Å². The van der Waals surface area contributed by atoms with E-state index in [0.717, 1.165) is 22.5 Å². The molecule has 5 rings (SSSR count). The second kappa shape index (κ2) is 6.43. The summed E-state index contributed by atoms with van der Waals surface area (Å²) in [7, 11) is 0. The number of aromatic nitrogens is 2. The number of fused-ring (bicyclic) bond motifs is 4. The summed E-state index contributed by atoms with van der Waals surface area (Å²) in [5.74, 6) is 0.720. The lowest BCUT2D eigenvalue weighted by Gasteiger charge is -2.07. The molecule has 9 heteroatoms. The van der Waals surface area contributed by atoms with E-state index in [2.05, 4.69) is 10.3 Å². The summed E-state index contributed by atoms with van der Waals surface area (Å²) in [6, 6.07) is 9.04. The number of anilines is 1. The summed E-state index contributed by atoms with van der Waals surface area (Å²) in [6.45, 7) is 4.09. The fraction of sp³-hybridized carbons (Fsp3) is 0.150. The van der Waals surface area contributed by atoms with Crippen LogP contribution in [-0.4, -0.2) is 22.1 Å². The topological polar surface area (TPSA) is 84.8 Å². The molecule has 0 atom stereocenters. The van der Waals surface area contributed by atoms with E-state index < -0.39 is 0 Å². The van der Waals surface area contributed by atoms with Crippen LogP contribution in [0.15, 0.2) is 35.1 Å². The van der Waals surface area contributed by atoms with Crippen molar-refractivity contribution >= 4 is 51.7 Å². The van der Waals surface area contributed by atoms with Gasteiger partial charge in [0, 0.05) is 11.8 Å². The van der Waals surface area contributed by atoms with Crippen LogP contribution >= 0.6 is 23.6 Å². The Morgan fingerprint density at radius 2 is 1.93 bits per heavy atom. The lowest BCUT2D eigenvalue weighted by molar-refractivity contribution is 0.103. The van der Waals surface area contributed by atoms with E-state index in [1.807, 2.05) is 32.0 Å². The normalized spacial score (nSPS) is 12.6. The summed E-state index contributed by atoms with van der Waals surface area (Å²) >= 11 is 6.65. The summed E-state index contributed by atoms with van der Waals surface area (Å²) in [5, 5.41) is 3.30. The number of benzene rings is 2. The quantitative estimate of drug-likeness (QED) is 0.471. The molecule has 1 aliphatic heterocycles. The summed E-state index contributed by atoms with van der Waals surface area (Å²) < 4.78 is 12.9. The van der Waals surface area contributed by atoms with Crippen molar-refractivity contribution in [1.29, 1.82) is 0 Å². The molecule has 29 heavy (non-hydrogen) atoms. The zero-order valence-electron chi connectivity index (χ0n) is 15.5. The largest absolute Gasteiger partial charge is 0.454 e. The minimum absolute atomic E-state index is 0.103. The van der Waals surface area contributed by atoms with Gasteiger partial charge >= 0.3 is 0 Å². The molecule has 0 saturated heterocycles. The highest BCUT2D eigenvalue weighted by atomic mass is 32.1. The fourth-order valence-electron chi connectivity index (χ4n) is 3.34. The number of carbonyl (C=O) groups excluding carboxylic acids is 1. The lowest BCUT2D eigenvalue weighted by atomic mass is 10.1. The van der Waals surface area contributed by atoms with E-state index in [1.54, 1.807) is 16.5 Å². The number of amides is 1. The zero-order valence-corrected chi connectivity index (χ0v) is 17.1. The van der Waals surface area contributed by atoms with Gasteiger partial charge in [-0.25, -0.2) is 0 Å². The Bertz CT molecular complexity index is 1450. The van der Waals surface area contributed by atoms with Crippen LogP contribution in [0.25, 0.3) is 16.6 Å². The van der Waals surface area contributed by atoms with Crippen LogP contribution < -0.4 is 20.3 Å². The van der Waals surface area contributed by atoms with Crippen LogP contribution in [0.4, 0.5) is 5.69 Å². The highest BCUT2D eigenvalue weighted by Gasteiger charge is 2.21. The number of nitrogens with one attached hydrogen (secondary N) is 2. The highest BCUT2D eigenvalue weighted by Crippen LogP contribution is 2.36. The van der Waals surface area contributed by atoms with Crippen molar-refractivity contribution < 1.29 is 14.3 Å². The van der Waals surface area contributed by atoms with Gasteiger partial charge in [-0.3, -0.25) is 14.0 Å². The first kappa shape index (κ1) is 17.9. The van der Waals surface area contributed by atoms with Crippen LogP contribution in [0.3, 0.4) is 0 Å². The molecule has 1 amide bonds. The second-order valence-corrected chi connectivity index (χ2v) is 8.46. The zero-order chi connectivity index (χ0) is 20.3. The summed E-state index contributed by atoms with van der Waals surface area (Å²) in [6.07, 6.45) is 0. The van der Waals surface area contributed by atoms with Crippen LogP contribution in [0.2, 0.25) is 0 Å². The van der Waals surface area contributed by atoms with Crippen LogP contribution in [-0.2, 0) is 0 Å². The minimum Gasteiger partial charge on any atom is -0.454 e. The number of nitrogens with zero attached hydrogens (tertiary/aromatic N) is 1. The van der Waals surface area contributed by atoms with E-state index >= 15 is 0 Å². The molecular formula is C20H15N3O4S2. The second-order valence-electron chi connectivity index (χ2n) is 6.81. The third-order valence-corrected chi connectivity index (χ3v) is 6.36. The van der Waals surface area contributed by atoms with E-state index in [1.165, 1.54) is 0 Å². The van der Waals surface area contributed by atoms with Crippen molar-refractivity contribution in [3.63, 3.8) is 0 Å². The molecule has 146 valence electrons. The number of thiazole rings is 1. The fourth-order valence-corrected chi connectivity index (χ4v) is 4.62. The van der Waals surface area contributed by atoms with E-state index in [-0.39, 0.29) is 18.3 Å². The van der Waals surface area contributed by atoms with Crippen molar-refractivity contribution in [2.75, 3.05) is 12.1 Å². The number of hydrogen-bond acceptors (Lipinski definition) is 6. The van der Waals surface area contributed by atoms with E-state index in [0.29, 0.717) is 42.6 Å². The van der Waals surface area contributed by atoms with Crippen molar-refractivity contribution in [1.82, 2.24) is 9.38 Å². The van der Waals surface area contributed by atoms with Crippen LogP contribution in [0, 0.1) is 17.8 Å². The molecule has 0 saturated carbocycles. The molecule has 2 aromatic carbocycles. The van der Waals surface area contributed by atoms with Gasteiger partial charge in [-0.1, -0.05) is 17.4 Å². The Morgan fingerprint density at radius 1 is 1.17 bits per heavy atom. The third kappa shape index (κ3) is 2.81. The monoisotopic (exact) mass is 425 g/mol. The molecule has 0 fully saturated rings. The molecule has 4 aromatic rings. The number of hydrogen-bond donors (Lipinski definition) is 2. The Morgan fingerprint density at radius 3 is 2.69 bits per heavy atom. The smallest absolute Gasteiger partial charge is 0.269 e. The van der Waals surface area contributed by atoms with Crippen LogP contribution in [0.5, 0.6) is 11.5 Å². The molecule has 7 nitrogen and oxygen atoms in total. The van der Waals surface area contributed by atoms with Crippen molar-refractivity contribution in [3.8, 4) is 11.5 Å². The van der Waals surface area contributed by atoms with E-state index in [4.69, 9.17) is 21.7 Å². The number of rotatable bonds is 2. The maximum atomic E-state index is 12.9. The molecule has 1 aliphatic rings. The first-order valence-corrected chi connectivity index (χ1v) is 10.0. The maximum Gasteiger partial charge on any atom is 0.269 e. The van der Waals surface area contributed by atoms with Gasteiger partial charge in [0.25, 0.3) is 11.5 Å². The number of ether oxygens (including phenoxy) is 2. The van der Waals surface area contributed by atoms with Gasteiger partial charge in [0.05, 0.1) is 10.9 Å². The minimum atomic E-state index is -0.331. The number of H-pyrrole nitrogens is 1. The predicted octanol–water partition coefficient (Wildman–Crippen LogP) is 4.17. The number of aromatic amines is 1. The van der Waals surface area contributed by atoms with Gasteiger partial charge in [0.15, 0.2) is 15.5 Å². The van der Waals surface area contributed by atoms with Gasteiger partial charge in [-0.05, 0) is 55.4 Å². The van der Waals surface area contributed by atoms with Gasteiger partial charge < -0.3 is 19.8 Å². The average molecular weight is 425 g/mol. The Kier molecular flexibility index (Phi) is 3.97. The van der Waals surface area contributed by atoms with E-state index in [9.17, 15) is 9.59 Å². The molecule has 0 unspecified atom stereocenters. The van der Waals surface area contributed by atoms with Crippen molar-refractivity contribution in [2.45, 2.75) is 13.8 Å². The molecule has 0 spiro atoms. The highest BCUT2D eigenvalue weighted by molar-refractivity contribution is 7.73. The standard InChI is InChI=1S/C20H15N3O4S2/c1-9-3-4-11(5-10(9)2)21-19(25)16-17-22-18(24)12-6-14-15(27-8-26-14)7-13(12)23(17)20(28)29-16/h3-7H,8H2,1-2H3,(H,21,25)(H,22,24). The Hall–Kier alpha value is -3.17. The molecule has 0 bridgehead atoms. The molecule has 2 N–H and O–H groups in total. The van der Waals surface area contributed by atoms with Crippen LogP contribution in [0.1, 0.15) is 20.8 Å². The molecular weight excluding hydrogens is 410 g/mol. The average Bonchev–Trinajstić information content (AvgIpc) is 3.27. The van der Waals surface area contributed by atoms with Gasteiger partial charge in [0.1, 0.15) is 10.5 Å². The predicted molar refractivity (Wildman–Crippen MR) is 114 cm³/mol. The molecule has 3 heterocycles. The van der Waals surface area contributed by atoms with Crippen molar-refractivity contribution in [2.24, 2.45) is 0 Å². The van der Waals surface area contributed by atoms with Gasteiger partial charge in [-0.15, -0.1) is 0 Å². The third-order valence-electron chi connectivity index (χ3n) is 4.99. The lowest BCUT2D eigenvalue weighted by Crippen LogP contribution is -2.15. The van der Waals surface area contributed by atoms with Gasteiger partial charge in [0.2, 0.25) is 6.79 Å². The SMILES string of the molecule is Cc1ccc(NC(=O)c2sc(=S)n3c2[nH]c(=O)c2cc4c(cc23)OCO4)cc1C. The maximum absolute atomic E-state index is 12.9. The first-order valence-electron chi connectivity index (χ1n) is 8.82. The van der Waals surface area contributed by atoms with Crippen molar-refractivity contribution in [3.05, 3.63) is 60.6 Å².